The molecule has 1 aromatic heterocycles. The number of nitro groups is 1. The molecule has 1 saturated heterocycles. The van der Waals surface area contributed by atoms with Crippen LogP contribution < -0.4 is 10.6 Å². The first-order chi connectivity index (χ1) is 16.7. The highest BCUT2D eigenvalue weighted by Gasteiger charge is 2.57. The smallest absolute Gasteiger partial charge is 0.305 e. The number of hydrogen-bond acceptors (Lipinski definition) is 7. The molecule has 1 aliphatic heterocycles. The molecule has 2 aromatic rings. The van der Waals surface area contributed by atoms with Gasteiger partial charge in [-0.15, -0.1) is 0 Å². The summed E-state index contributed by atoms with van der Waals surface area (Å²) in [4.78, 5) is 36.0. The van der Waals surface area contributed by atoms with Gasteiger partial charge >= 0.3 is 5.97 Å². The lowest BCUT2D eigenvalue weighted by molar-refractivity contribution is -0.535. The van der Waals surface area contributed by atoms with E-state index in [1.807, 2.05) is 19.2 Å². The van der Waals surface area contributed by atoms with E-state index in [1.165, 1.54) is 17.4 Å². The van der Waals surface area contributed by atoms with E-state index in [0.717, 1.165) is 0 Å². The van der Waals surface area contributed by atoms with Gasteiger partial charge in [0.05, 0.1) is 31.1 Å². The Kier molecular flexibility index (Phi) is 9.30. The topological polar surface area (TPSA) is 131 Å². The Morgan fingerprint density at radius 1 is 1.34 bits per heavy atom. The van der Waals surface area contributed by atoms with Gasteiger partial charge in [0.25, 0.3) is 0 Å². The lowest BCUT2D eigenvalue weighted by Gasteiger charge is -2.32. The van der Waals surface area contributed by atoms with Crippen LogP contribution >= 0.6 is 11.3 Å². The number of thiophene rings is 1. The van der Waals surface area contributed by atoms with Crippen molar-refractivity contribution in [2.45, 2.75) is 57.5 Å². The minimum absolute atomic E-state index is 0.0981. The molecule has 0 saturated carbocycles. The van der Waals surface area contributed by atoms with Gasteiger partial charge in [0.15, 0.2) is 0 Å². The summed E-state index contributed by atoms with van der Waals surface area (Å²) < 4.78 is 20.4. The fourth-order valence-corrected chi connectivity index (χ4v) is 5.25. The van der Waals surface area contributed by atoms with Gasteiger partial charge in [-0.05, 0) is 34.4 Å². The minimum atomic E-state index is -1.18. The number of nitrogens with one attached hydrogen (secondary N) is 2. The number of carbonyl (C=O) groups excluding carboxylic acids is 1. The quantitative estimate of drug-likeness (QED) is 0.296. The maximum absolute atomic E-state index is 14.3. The highest BCUT2D eigenvalue weighted by atomic mass is 32.1. The first-order valence-corrected chi connectivity index (χ1v) is 12.4. The van der Waals surface area contributed by atoms with Gasteiger partial charge in [-0.3, -0.25) is 25.0 Å². The van der Waals surface area contributed by atoms with Crippen molar-refractivity contribution >= 4 is 23.2 Å². The fraction of sp³-hybridized carbons (Fsp3) is 0.500. The van der Waals surface area contributed by atoms with Crippen LogP contribution in [0.15, 0.2) is 41.1 Å². The number of carboxylic acid groups (broad SMARTS) is 1. The van der Waals surface area contributed by atoms with Gasteiger partial charge in [-0.1, -0.05) is 38.5 Å². The second kappa shape index (κ2) is 12.2. The Morgan fingerprint density at radius 2 is 2.09 bits per heavy atom. The number of aliphatic carboxylic acids is 1. The molecule has 1 amide bonds. The Morgan fingerprint density at radius 3 is 2.69 bits per heavy atom. The van der Waals surface area contributed by atoms with Gasteiger partial charge in [0.2, 0.25) is 11.9 Å². The van der Waals surface area contributed by atoms with Gasteiger partial charge < -0.3 is 15.2 Å². The molecule has 11 heteroatoms. The van der Waals surface area contributed by atoms with Crippen molar-refractivity contribution in [3.8, 4) is 0 Å². The summed E-state index contributed by atoms with van der Waals surface area (Å²) in [7, 11) is 0. The molecule has 0 bridgehead atoms. The molecule has 9 nitrogen and oxygen atoms in total. The van der Waals surface area contributed by atoms with E-state index in [2.05, 4.69) is 10.6 Å². The molecule has 0 radical (unpaired) electrons. The predicted molar refractivity (Wildman–Crippen MR) is 128 cm³/mol. The summed E-state index contributed by atoms with van der Waals surface area (Å²) in [5, 5.41) is 30.6. The molecule has 3 rings (SSSR count). The number of amides is 1. The Bertz CT molecular complexity index is 1020. The van der Waals surface area contributed by atoms with E-state index >= 15 is 0 Å². The van der Waals surface area contributed by atoms with E-state index in [9.17, 15) is 24.1 Å². The normalized spacial score (nSPS) is 23.5. The highest BCUT2D eigenvalue weighted by Crippen LogP contribution is 2.40. The summed E-state index contributed by atoms with van der Waals surface area (Å²) in [6.07, 6.45) is -0.380. The average molecular weight is 508 g/mol. The number of nitrogens with zero attached hydrogens (tertiary/aromatic N) is 1. The first-order valence-electron chi connectivity index (χ1n) is 11.5. The SMILES string of the molecule is CC[C@H](C)[C@@H](OCc1ccccc1F)[C@H]1[C@H]([N+](=O)[O-])[C@H](c2ccsc2)N[C@@H]1C(=O)NCCC(=O)O. The maximum Gasteiger partial charge on any atom is 0.305 e. The van der Waals surface area contributed by atoms with E-state index in [-0.39, 0.29) is 30.4 Å². The van der Waals surface area contributed by atoms with Gasteiger partial charge in [-0.25, -0.2) is 4.39 Å². The number of ether oxygens (including phenoxy) is 1. The van der Waals surface area contributed by atoms with Crippen molar-refractivity contribution in [1.82, 2.24) is 10.6 Å². The van der Waals surface area contributed by atoms with Crippen LogP contribution in [0.5, 0.6) is 0 Å². The zero-order valence-corrected chi connectivity index (χ0v) is 20.4. The van der Waals surface area contributed by atoms with E-state index < -0.39 is 47.8 Å². The van der Waals surface area contributed by atoms with Crippen molar-refractivity contribution < 1.29 is 28.7 Å². The van der Waals surface area contributed by atoms with Crippen molar-refractivity contribution in [2.75, 3.05) is 6.54 Å². The summed E-state index contributed by atoms with van der Waals surface area (Å²) >= 11 is 1.40. The second-order valence-corrected chi connectivity index (χ2v) is 9.50. The molecule has 1 aromatic carbocycles. The Balaban J connectivity index is 1.96. The summed E-state index contributed by atoms with van der Waals surface area (Å²) in [5.41, 5.74) is 1.01. The zero-order valence-electron chi connectivity index (χ0n) is 19.6. The van der Waals surface area contributed by atoms with E-state index in [4.69, 9.17) is 9.84 Å². The zero-order chi connectivity index (χ0) is 25.5. The Labute approximate surface area is 206 Å². The van der Waals surface area contributed by atoms with Crippen molar-refractivity contribution in [1.29, 1.82) is 0 Å². The minimum Gasteiger partial charge on any atom is -0.481 e. The molecule has 1 aliphatic rings. The van der Waals surface area contributed by atoms with Crippen LogP contribution in [0.1, 0.15) is 43.9 Å². The molecular formula is C24H30FN3O6S. The van der Waals surface area contributed by atoms with E-state index in [0.29, 0.717) is 17.5 Å². The van der Waals surface area contributed by atoms with Crippen LogP contribution in [0.2, 0.25) is 0 Å². The third kappa shape index (κ3) is 6.41. The van der Waals surface area contributed by atoms with Crippen LogP contribution in [0.3, 0.4) is 0 Å². The van der Waals surface area contributed by atoms with Crippen LogP contribution in [0.25, 0.3) is 0 Å². The lowest BCUT2D eigenvalue weighted by atomic mass is 9.80. The molecule has 2 heterocycles. The van der Waals surface area contributed by atoms with Gasteiger partial charge in [0, 0.05) is 17.0 Å². The molecule has 3 N–H and O–H groups in total. The fourth-order valence-electron chi connectivity index (χ4n) is 4.56. The summed E-state index contributed by atoms with van der Waals surface area (Å²) in [6.45, 7) is 3.61. The van der Waals surface area contributed by atoms with Gasteiger partial charge in [0.1, 0.15) is 11.9 Å². The number of rotatable bonds is 12. The van der Waals surface area contributed by atoms with Gasteiger partial charge in [-0.2, -0.15) is 11.3 Å². The number of benzene rings is 1. The third-order valence-corrected chi connectivity index (χ3v) is 7.22. The largest absolute Gasteiger partial charge is 0.481 e. The molecule has 1 fully saturated rings. The number of carboxylic acids is 1. The highest BCUT2D eigenvalue weighted by molar-refractivity contribution is 7.08. The van der Waals surface area contributed by atoms with Crippen LogP contribution in [-0.2, 0) is 20.9 Å². The predicted octanol–water partition coefficient (Wildman–Crippen LogP) is 3.38. The molecule has 0 aliphatic carbocycles. The lowest BCUT2D eigenvalue weighted by Crippen LogP contribution is -2.51. The van der Waals surface area contributed by atoms with Crippen molar-refractivity contribution in [3.05, 3.63) is 68.2 Å². The Hall–Kier alpha value is -2.89. The average Bonchev–Trinajstić information content (AvgIpc) is 3.48. The number of halogens is 1. The molecule has 0 spiro atoms. The molecular weight excluding hydrogens is 477 g/mol. The van der Waals surface area contributed by atoms with E-state index in [1.54, 1.807) is 29.6 Å². The standard InChI is InChI=1S/C24H30FN3O6S/c1-3-14(2)23(34-12-15-6-4-5-7-17(15)25)19-21(24(31)26-10-8-18(29)30)27-20(22(19)28(32)33)16-9-11-35-13-16/h4-7,9,11,13-14,19-23,27H,3,8,10,12H2,1-2H3,(H,26,31)(H,29,30)/t14-,19+,20-,21-,22-,23+/m0/s1. The van der Waals surface area contributed by atoms with Crippen molar-refractivity contribution in [2.24, 2.45) is 11.8 Å². The number of carbonyl (C=O) groups is 2. The monoisotopic (exact) mass is 507 g/mol. The third-order valence-electron chi connectivity index (χ3n) is 6.52. The number of hydrogen-bond donors (Lipinski definition) is 3. The first kappa shape index (κ1) is 26.7. The van der Waals surface area contributed by atoms with Crippen LogP contribution in [0.4, 0.5) is 4.39 Å². The summed E-state index contributed by atoms with van der Waals surface area (Å²) in [5.74, 6) is -3.08. The molecule has 0 unspecified atom stereocenters. The van der Waals surface area contributed by atoms with Crippen molar-refractivity contribution in [3.63, 3.8) is 0 Å². The second-order valence-electron chi connectivity index (χ2n) is 8.72. The molecule has 35 heavy (non-hydrogen) atoms. The molecule has 6 atom stereocenters. The molecule has 190 valence electrons. The maximum atomic E-state index is 14.3. The van der Waals surface area contributed by atoms with Crippen LogP contribution in [0, 0.1) is 27.8 Å². The van der Waals surface area contributed by atoms with Crippen LogP contribution in [-0.4, -0.2) is 46.6 Å². The summed E-state index contributed by atoms with van der Waals surface area (Å²) in [6, 6.07) is 5.02.